The normalized spacial score (nSPS) is 10.9. The molecule has 0 saturated carbocycles. The van der Waals surface area contributed by atoms with Gasteiger partial charge in [0, 0.05) is 30.8 Å². The van der Waals surface area contributed by atoms with Crippen molar-refractivity contribution < 1.29 is 9.18 Å². The highest BCUT2D eigenvalue weighted by Crippen LogP contribution is 2.26. The van der Waals surface area contributed by atoms with Gasteiger partial charge >= 0.3 is 0 Å². The van der Waals surface area contributed by atoms with Gasteiger partial charge in [0.1, 0.15) is 17.6 Å². The molecule has 5 aromatic rings. The van der Waals surface area contributed by atoms with Gasteiger partial charge in [-0.3, -0.25) is 14.5 Å². The second-order valence-electron chi connectivity index (χ2n) is 7.39. The topological polar surface area (TPSA) is 102 Å². The summed E-state index contributed by atoms with van der Waals surface area (Å²) in [6.45, 7) is 0. The molecule has 4 aromatic heterocycles. The number of Topliss-reactive ketones (excluding diaryl/α,β-unsaturated/α-hetero) is 1. The molecule has 0 N–H and O–H groups in total. The molecule has 0 saturated heterocycles. The van der Waals surface area contributed by atoms with E-state index in [1.54, 1.807) is 25.4 Å². The van der Waals surface area contributed by atoms with Crippen molar-refractivity contribution >= 4 is 11.4 Å². The Bertz CT molecular complexity index is 1550. The van der Waals surface area contributed by atoms with E-state index >= 15 is 0 Å². The SMILES string of the molecule is Cn1ncc(-c2ncccc2C#N)c1C(=O)Cc1cc2nc(-c3ccccc3)nn2cc1F. The molecule has 0 amide bonds. The van der Waals surface area contributed by atoms with Crippen LogP contribution in [0.3, 0.4) is 0 Å². The molecule has 0 unspecified atom stereocenters. The van der Waals surface area contributed by atoms with Crippen molar-refractivity contribution in [2.24, 2.45) is 7.05 Å². The van der Waals surface area contributed by atoms with Crippen molar-refractivity contribution in [2.75, 3.05) is 0 Å². The van der Waals surface area contributed by atoms with Gasteiger partial charge in [-0.15, -0.1) is 5.10 Å². The molecule has 0 aliphatic rings. The predicted molar refractivity (Wildman–Crippen MR) is 118 cm³/mol. The van der Waals surface area contributed by atoms with Gasteiger partial charge in [-0.05, 0) is 18.2 Å². The summed E-state index contributed by atoms with van der Waals surface area (Å²) < 4.78 is 17.6. The van der Waals surface area contributed by atoms with Gasteiger partial charge < -0.3 is 0 Å². The van der Waals surface area contributed by atoms with Gasteiger partial charge in [-0.2, -0.15) is 10.4 Å². The van der Waals surface area contributed by atoms with Crippen LogP contribution in [0.2, 0.25) is 0 Å². The third-order valence-corrected chi connectivity index (χ3v) is 5.27. The first-order chi connectivity index (χ1) is 16.0. The van der Waals surface area contributed by atoms with Crippen LogP contribution in [0, 0.1) is 17.1 Å². The molecule has 0 fully saturated rings. The van der Waals surface area contributed by atoms with Crippen LogP contribution in [0.5, 0.6) is 0 Å². The molecule has 0 aliphatic carbocycles. The van der Waals surface area contributed by atoms with Crippen LogP contribution >= 0.6 is 0 Å². The predicted octanol–water partition coefficient (Wildman–Crippen LogP) is 3.63. The minimum Gasteiger partial charge on any atom is -0.292 e. The number of halogens is 1. The largest absolute Gasteiger partial charge is 0.292 e. The third-order valence-electron chi connectivity index (χ3n) is 5.27. The van der Waals surface area contributed by atoms with Crippen LogP contribution in [0.1, 0.15) is 21.6 Å². The average molecular weight is 437 g/mol. The van der Waals surface area contributed by atoms with Gasteiger partial charge in [0.25, 0.3) is 0 Å². The summed E-state index contributed by atoms with van der Waals surface area (Å²) in [6.07, 6.45) is 4.03. The smallest absolute Gasteiger partial charge is 0.186 e. The number of carbonyl (C=O) groups is 1. The maximum atomic E-state index is 14.9. The summed E-state index contributed by atoms with van der Waals surface area (Å²) in [4.78, 5) is 21.9. The summed E-state index contributed by atoms with van der Waals surface area (Å²) in [5.41, 5.74) is 2.78. The van der Waals surface area contributed by atoms with Crippen molar-refractivity contribution in [3.05, 3.63) is 89.8 Å². The number of fused-ring (bicyclic) bond motifs is 1. The van der Waals surface area contributed by atoms with E-state index in [-0.39, 0.29) is 23.5 Å². The van der Waals surface area contributed by atoms with E-state index in [2.05, 4.69) is 26.2 Å². The molecular formula is C24H16FN7O. The zero-order valence-electron chi connectivity index (χ0n) is 17.5. The molecule has 8 nitrogen and oxygen atoms in total. The highest BCUT2D eigenvalue weighted by Gasteiger charge is 2.23. The van der Waals surface area contributed by atoms with E-state index < -0.39 is 5.82 Å². The zero-order valence-corrected chi connectivity index (χ0v) is 17.5. The molecular weight excluding hydrogens is 421 g/mol. The fraction of sp³-hybridized carbons (Fsp3) is 0.0833. The lowest BCUT2D eigenvalue weighted by atomic mass is 10.0. The van der Waals surface area contributed by atoms with Crippen LogP contribution < -0.4 is 0 Å². The van der Waals surface area contributed by atoms with Crippen LogP contribution in [0.4, 0.5) is 4.39 Å². The number of nitrogens with zero attached hydrogens (tertiary/aromatic N) is 7. The van der Waals surface area contributed by atoms with Gasteiger partial charge in [-0.1, -0.05) is 30.3 Å². The Balaban J connectivity index is 1.51. The Morgan fingerprint density at radius 1 is 1.18 bits per heavy atom. The number of carbonyl (C=O) groups excluding carboxylic acids is 1. The van der Waals surface area contributed by atoms with E-state index in [9.17, 15) is 14.4 Å². The number of pyridine rings is 2. The van der Waals surface area contributed by atoms with E-state index in [0.29, 0.717) is 28.3 Å². The Kier molecular flexibility index (Phi) is 4.95. The Labute approximate surface area is 187 Å². The molecule has 0 aliphatic heterocycles. The summed E-state index contributed by atoms with van der Waals surface area (Å²) in [5.74, 6) is -0.461. The standard InChI is InChI=1S/C24H16FN7O/c1-31-23(18(13-28-31)22-16(12-26)8-5-9-27-22)20(33)10-17-11-21-29-24(15-6-3-2-4-7-15)30-32(21)14-19(17)25/h2-9,11,13-14H,10H2,1H3. The number of rotatable bonds is 5. The monoisotopic (exact) mass is 437 g/mol. The Morgan fingerprint density at radius 3 is 2.79 bits per heavy atom. The highest BCUT2D eigenvalue weighted by molar-refractivity contribution is 6.02. The second kappa shape index (κ2) is 8.09. The summed E-state index contributed by atoms with van der Waals surface area (Å²) in [7, 11) is 1.62. The van der Waals surface area contributed by atoms with Gasteiger partial charge in [-0.25, -0.2) is 13.9 Å². The minimum atomic E-state index is -0.570. The second-order valence-corrected chi connectivity index (χ2v) is 7.39. The number of aromatic nitrogens is 6. The molecule has 0 radical (unpaired) electrons. The quantitative estimate of drug-likeness (QED) is 0.389. The van der Waals surface area contributed by atoms with E-state index in [1.807, 2.05) is 30.3 Å². The lowest BCUT2D eigenvalue weighted by Gasteiger charge is -2.07. The van der Waals surface area contributed by atoms with Crippen molar-refractivity contribution in [2.45, 2.75) is 6.42 Å². The van der Waals surface area contributed by atoms with Gasteiger partial charge in [0.2, 0.25) is 0 Å². The van der Waals surface area contributed by atoms with Crippen LogP contribution in [0.25, 0.3) is 28.3 Å². The van der Waals surface area contributed by atoms with E-state index in [1.165, 1.54) is 27.7 Å². The maximum Gasteiger partial charge on any atom is 0.186 e. The first kappa shape index (κ1) is 20.2. The molecule has 0 bridgehead atoms. The first-order valence-electron chi connectivity index (χ1n) is 10.1. The highest BCUT2D eigenvalue weighted by atomic mass is 19.1. The van der Waals surface area contributed by atoms with Crippen molar-refractivity contribution in [1.82, 2.24) is 29.4 Å². The average Bonchev–Trinajstić information content (AvgIpc) is 3.42. The van der Waals surface area contributed by atoms with Crippen molar-refractivity contribution in [3.63, 3.8) is 0 Å². The summed E-state index contributed by atoms with van der Waals surface area (Å²) >= 11 is 0. The fourth-order valence-electron chi connectivity index (χ4n) is 3.70. The number of ketones is 1. The molecule has 4 heterocycles. The number of benzene rings is 1. The summed E-state index contributed by atoms with van der Waals surface area (Å²) in [6, 6.07) is 16.2. The van der Waals surface area contributed by atoms with E-state index in [4.69, 9.17) is 0 Å². The lowest BCUT2D eigenvalue weighted by Crippen LogP contribution is -2.13. The van der Waals surface area contributed by atoms with Crippen molar-refractivity contribution in [1.29, 1.82) is 5.26 Å². The van der Waals surface area contributed by atoms with Crippen LogP contribution in [-0.2, 0) is 13.5 Å². The third kappa shape index (κ3) is 3.64. The van der Waals surface area contributed by atoms with Crippen molar-refractivity contribution in [3.8, 4) is 28.7 Å². The molecule has 0 atom stereocenters. The molecule has 0 spiro atoms. The Morgan fingerprint density at radius 2 is 2.00 bits per heavy atom. The number of nitriles is 1. The Hall–Kier alpha value is -4.71. The molecule has 33 heavy (non-hydrogen) atoms. The van der Waals surface area contributed by atoms with Gasteiger partial charge in [0.15, 0.2) is 17.3 Å². The van der Waals surface area contributed by atoms with Crippen LogP contribution in [0.15, 0.2) is 67.1 Å². The molecule has 9 heteroatoms. The molecule has 1 aromatic carbocycles. The summed E-state index contributed by atoms with van der Waals surface area (Å²) in [5, 5.41) is 17.9. The molecule has 160 valence electrons. The lowest BCUT2D eigenvalue weighted by molar-refractivity contribution is 0.0983. The maximum absolute atomic E-state index is 14.9. The zero-order chi connectivity index (χ0) is 22.9. The fourth-order valence-corrected chi connectivity index (χ4v) is 3.70. The van der Waals surface area contributed by atoms with Gasteiger partial charge in [0.05, 0.1) is 29.2 Å². The molecule has 5 rings (SSSR count). The van der Waals surface area contributed by atoms with Crippen LogP contribution in [-0.4, -0.2) is 35.1 Å². The van der Waals surface area contributed by atoms with E-state index in [0.717, 1.165) is 5.56 Å². The number of hydrogen-bond acceptors (Lipinski definition) is 6. The number of aryl methyl sites for hydroxylation is 1. The number of hydrogen-bond donors (Lipinski definition) is 0. The first-order valence-corrected chi connectivity index (χ1v) is 10.1. The minimum absolute atomic E-state index is 0.188.